The quantitative estimate of drug-likeness (QED) is 0.514. The predicted molar refractivity (Wildman–Crippen MR) is 36.4 cm³/mol. The number of amides is 1. The van der Waals surface area contributed by atoms with Gasteiger partial charge >= 0.3 is 0 Å². The number of ether oxygens (including phenoxy) is 1. The van der Waals surface area contributed by atoms with Gasteiger partial charge in [0.25, 0.3) is 0 Å². The van der Waals surface area contributed by atoms with E-state index in [0.29, 0.717) is 19.8 Å². The van der Waals surface area contributed by atoms with Crippen LogP contribution in [0.25, 0.3) is 0 Å². The van der Waals surface area contributed by atoms with Gasteiger partial charge in [-0.15, -0.1) is 0 Å². The molecule has 0 saturated carbocycles. The molecule has 4 heteroatoms. The molecule has 0 unspecified atom stereocenters. The molecule has 3 N–H and O–H groups in total. The second kappa shape index (κ2) is 2.56. The van der Waals surface area contributed by atoms with Gasteiger partial charge in [-0.25, -0.2) is 0 Å². The van der Waals surface area contributed by atoms with Gasteiger partial charge in [-0.05, 0) is 6.92 Å². The number of nitrogens with two attached hydrogens (primary N) is 1. The molecule has 0 aromatic heterocycles. The van der Waals surface area contributed by atoms with Crippen molar-refractivity contribution >= 4 is 5.91 Å². The zero-order chi connectivity index (χ0) is 7.61. The van der Waals surface area contributed by atoms with Gasteiger partial charge in [0.05, 0.1) is 13.2 Å². The van der Waals surface area contributed by atoms with Crippen LogP contribution in [0.2, 0.25) is 0 Å². The topological polar surface area (TPSA) is 64.4 Å². The second-order valence-corrected chi connectivity index (χ2v) is 2.51. The highest BCUT2D eigenvalue weighted by atomic mass is 16.5. The zero-order valence-corrected chi connectivity index (χ0v) is 6.02. The molecule has 1 amide bonds. The van der Waals surface area contributed by atoms with E-state index in [-0.39, 0.29) is 5.91 Å². The fourth-order valence-corrected chi connectivity index (χ4v) is 0.790. The van der Waals surface area contributed by atoms with Gasteiger partial charge in [-0.2, -0.15) is 0 Å². The molecule has 0 atom stereocenters. The standard InChI is InChI=1S/C6H12N2O2/c1-2-8-5(9)6(7)3-10-4-6/h2-4,7H2,1H3,(H,8,9). The predicted octanol–water partition coefficient (Wildman–Crippen LogP) is -1.15. The van der Waals surface area contributed by atoms with E-state index >= 15 is 0 Å². The lowest BCUT2D eigenvalue weighted by molar-refractivity contribution is -0.143. The SMILES string of the molecule is CCNC(=O)C1(N)COC1. The minimum Gasteiger partial charge on any atom is -0.376 e. The molecule has 0 bridgehead atoms. The van der Waals surface area contributed by atoms with E-state index < -0.39 is 5.54 Å². The van der Waals surface area contributed by atoms with E-state index in [9.17, 15) is 4.79 Å². The lowest BCUT2D eigenvalue weighted by atomic mass is 9.98. The molecule has 1 heterocycles. The van der Waals surface area contributed by atoms with Gasteiger partial charge < -0.3 is 15.8 Å². The largest absolute Gasteiger partial charge is 0.376 e. The first-order valence-electron chi connectivity index (χ1n) is 3.34. The van der Waals surface area contributed by atoms with Crippen LogP contribution in [0, 0.1) is 0 Å². The van der Waals surface area contributed by atoms with Gasteiger partial charge in [0, 0.05) is 6.54 Å². The van der Waals surface area contributed by atoms with Crippen molar-refractivity contribution in [2.45, 2.75) is 12.5 Å². The van der Waals surface area contributed by atoms with E-state index in [1.165, 1.54) is 0 Å². The van der Waals surface area contributed by atoms with E-state index in [4.69, 9.17) is 10.5 Å². The highest BCUT2D eigenvalue weighted by Gasteiger charge is 2.41. The molecule has 1 aliphatic rings. The summed E-state index contributed by atoms with van der Waals surface area (Å²) in [5, 5.41) is 2.64. The van der Waals surface area contributed by atoms with E-state index in [1.54, 1.807) is 0 Å². The van der Waals surface area contributed by atoms with Crippen molar-refractivity contribution < 1.29 is 9.53 Å². The first kappa shape index (κ1) is 7.50. The lowest BCUT2D eigenvalue weighted by Gasteiger charge is -2.35. The molecule has 0 aromatic rings. The normalized spacial score (nSPS) is 21.4. The van der Waals surface area contributed by atoms with Crippen molar-refractivity contribution in [1.82, 2.24) is 5.32 Å². The fraction of sp³-hybridized carbons (Fsp3) is 0.833. The van der Waals surface area contributed by atoms with Crippen LogP contribution in [0.15, 0.2) is 0 Å². The molecular formula is C6H12N2O2. The summed E-state index contributed by atoms with van der Waals surface area (Å²) in [5.41, 5.74) is 4.86. The van der Waals surface area contributed by atoms with Crippen LogP contribution in [0.4, 0.5) is 0 Å². The Morgan fingerprint density at radius 1 is 1.80 bits per heavy atom. The Morgan fingerprint density at radius 2 is 2.40 bits per heavy atom. The smallest absolute Gasteiger partial charge is 0.244 e. The number of hydrogen-bond donors (Lipinski definition) is 2. The average Bonchev–Trinajstić information content (AvgIpc) is 1.83. The van der Waals surface area contributed by atoms with Crippen molar-refractivity contribution in [3.63, 3.8) is 0 Å². The number of hydrogen-bond acceptors (Lipinski definition) is 3. The molecule has 1 rings (SSSR count). The van der Waals surface area contributed by atoms with Gasteiger partial charge in [-0.1, -0.05) is 0 Å². The maximum absolute atomic E-state index is 11.0. The Kier molecular flexibility index (Phi) is 1.92. The molecule has 58 valence electrons. The highest BCUT2D eigenvalue weighted by Crippen LogP contribution is 2.12. The molecule has 10 heavy (non-hydrogen) atoms. The van der Waals surface area contributed by atoms with Gasteiger partial charge in [0.15, 0.2) is 0 Å². The van der Waals surface area contributed by atoms with Crippen molar-refractivity contribution in [1.29, 1.82) is 0 Å². The Balaban J connectivity index is 2.39. The third kappa shape index (κ3) is 1.12. The highest BCUT2D eigenvalue weighted by molar-refractivity contribution is 5.87. The maximum Gasteiger partial charge on any atom is 0.244 e. The van der Waals surface area contributed by atoms with Crippen LogP contribution in [0.5, 0.6) is 0 Å². The van der Waals surface area contributed by atoms with E-state index in [2.05, 4.69) is 5.32 Å². The minimum atomic E-state index is -0.740. The summed E-state index contributed by atoms with van der Waals surface area (Å²) in [5.74, 6) is -0.110. The summed E-state index contributed by atoms with van der Waals surface area (Å²) in [6.45, 7) is 3.18. The van der Waals surface area contributed by atoms with Crippen molar-refractivity contribution in [2.75, 3.05) is 19.8 Å². The summed E-state index contributed by atoms with van der Waals surface area (Å²) in [7, 11) is 0. The fourth-order valence-electron chi connectivity index (χ4n) is 0.790. The maximum atomic E-state index is 11.0. The molecule has 0 radical (unpaired) electrons. The molecule has 0 spiro atoms. The average molecular weight is 144 g/mol. The summed E-state index contributed by atoms with van der Waals surface area (Å²) >= 11 is 0. The van der Waals surface area contributed by atoms with Crippen molar-refractivity contribution in [2.24, 2.45) is 5.73 Å². The number of likely N-dealkylation sites (N-methyl/N-ethyl adjacent to an activating group) is 1. The molecule has 1 fully saturated rings. The summed E-state index contributed by atoms with van der Waals surface area (Å²) < 4.78 is 4.82. The Morgan fingerprint density at radius 3 is 2.70 bits per heavy atom. The molecular weight excluding hydrogens is 132 g/mol. The molecule has 1 aliphatic heterocycles. The van der Waals surface area contributed by atoms with Gasteiger partial charge in [0.2, 0.25) is 5.91 Å². The third-order valence-electron chi connectivity index (χ3n) is 1.51. The first-order chi connectivity index (χ1) is 4.69. The summed E-state index contributed by atoms with van der Waals surface area (Å²) in [4.78, 5) is 11.0. The van der Waals surface area contributed by atoms with Crippen LogP contribution in [0.3, 0.4) is 0 Å². The van der Waals surface area contributed by atoms with Crippen LogP contribution in [-0.4, -0.2) is 31.2 Å². The molecule has 1 saturated heterocycles. The van der Waals surface area contributed by atoms with Gasteiger partial charge in [0.1, 0.15) is 5.54 Å². The van der Waals surface area contributed by atoms with Crippen LogP contribution < -0.4 is 11.1 Å². The van der Waals surface area contributed by atoms with E-state index in [0.717, 1.165) is 0 Å². The lowest BCUT2D eigenvalue weighted by Crippen LogP contribution is -2.66. The first-order valence-corrected chi connectivity index (χ1v) is 3.34. The molecule has 0 aromatic carbocycles. The number of rotatable bonds is 2. The number of nitrogens with one attached hydrogen (secondary N) is 1. The Hall–Kier alpha value is -0.610. The second-order valence-electron chi connectivity index (χ2n) is 2.51. The van der Waals surface area contributed by atoms with E-state index in [1.807, 2.05) is 6.92 Å². The Labute approximate surface area is 59.7 Å². The zero-order valence-electron chi connectivity index (χ0n) is 6.02. The van der Waals surface area contributed by atoms with Crippen molar-refractivity contribution in [3.8, 4) is 0 Å². The summed E-state index contributed by atoms with van der Waals surface area (Å²) in [6.07, 6.45) is 0. The van der Waals surface area contributed by atoms with Crippen molar-refractivity contribution in [3.05, 3.63) is 0 Å². The minimum absolute atomic E-state index is 0.110. The number of carbonyl (C=O) groups excluding carboxylic acids is 1. The van der Waals surface area contributed by atoms with Gasteiger partial charge in [-0.3, -0.25) is 4.79 Å². The van der Waals surface area contributed by atoms with Crippen LogP contribution in [-0.2, 0) is 9.53 Å². The molecule has 4 nitrogen and oxygen atoms in total. The summed E-state index contributed by atoms with van der Waals surface area (Å²) in [6, 6.07) is 0. The van der Waals surface area contributed by atoms with Crippen LogP contribution in [0.1, 0.15) is 6.92 Å². The molecule has 0 aliphatic carbocycles. The monoisotopic (exact) mass is 144 g/mol. The number of carbonyl (C=O) groups is 1. The Bertz CT molecular complexity index is 143. The van der Waals surface area contributed by atoms with Crippen LogP contribution >= 0.6 is 0 Å². The third-order valence-corrected chi connectivity index (χ3v) is 1.51.